The Morgan fingerprint density at radius 1 is 1.10 bits per heavy atom. The molecule has 8 nitrogen and oxygen atoms in total. The third-order valence-electron chi connectivity index (χ3n) is 4.32. The van der Waals surface area contributed by atoms with Crippen molar-refractivity contribution in [1.82, 2.24) is 10.3 Å². The molecule has 1 aromatic heterocycles. The minimum absolute atomic E-state index is 0.0672. The van der Waals surface area contributed by atoms with E-state index in [1.807, 2.05) is 18.2 Å². The molecule has 0 unspecified atom stereocenters. The van der Waals surface area contributed by atoms with Gasteiger partial charge in [0.1, 0.15) is 5.52 Å². The van der Waals surface area contributed by atoms with Crippen LogP contribution in [0.1, 0.15) is 10.4 Å². The maximum Gasteiger partial charge on any atom is 0.269 e. The van der Waals surface area contributed by atoms with E-state index in [2.05, 4.69) is 15.6 Å². The van der Waals surface area contributed by atoms with Crippen molar-refractivity contribution < 1.29 is 14.1 Å². The number of anilines is 1. The third kappa shape index (κ3) is 4.52. The van der Waals surface area contributed by atoms with E-state index in [1.165, 1.54) is 24.3 Å². The molecule has 0 saturated heterocycles. The second kappa shape index (κ2) is 8.50. The van der Waals surface area contributed by atoms with E-state index >= 15 is 0 Å². The number of amides is 1. The van der Waals surface area contributed by atoms with Crippen molar-refractivity contribution in [3.05, 3.63) is 87.4 Å². The zero-order valence-corrected chi connectivity index (χ0v) is 17.2. The van der Waals surface area contributed by atoms with Gasteiger partial charge < -0.3 is 9.73 Å². The third-order valence-corrected chi connectivity index (χ3v) is 4.85. The van der Waals surface area contributed by atoms with Crippen LogP contribution in [0.2, 0.25) is 5.02 Å². The Morgan fingerprint density at radius 3 is 2.55 bits per heavy atom. The van der Waals surface area contributed by atoms with E-state index in [4.69, 9.17) is 28.2 Å². The fraction of sp³-hybridized carbons (Fsp3) is 0. The number of non-ortho nitro benzene ring substituents is 1. The number of aromatic nitrogens is 1. The number of thiocarbonyl (C=S) groups is 1. The first kappa shape index (κ1) is 20.5. The molecule has 0 fully saturated rings. The van der Waals surface area contributed by atoms with E-state index in [1.54, 1.807) is 24.3 Å². The summed E-state index contributed by atoms with van der Waals surface area (Å²) in [5.41, 5.74) is 2.58. The summed E-state index contributed by atoms with van der Waals surface area (Å²) >= 11 is 11.4. The van der Waals surface area contributed by atoms with Crippen molar-refractivity contribution in [3.8, 4) is 11.5 Å². The summed E-state index contributed by atoms with van der Waals surface area (Å²) in [6.45, 7) is 0. The van der Waals surface area contributed by atoms with Gasteiger partial charge in [0.05, 0.1) is 15.5 Å². The largest absolute Gasteiger partial charge is 0.436 e. The first-order valence-corrected chi connectivity index (χ1v) is 9.71. The van der Waals surface area contributed by atoms with Crippen molar-refractivity contribution in [3.63, 3.8) is 0 Å². The fourth-order valence-electron chi connectivity index (χ4n) is 2.83. The first-order valence-electron chi connectivity index (χ1n) is 8.93. The highest BCUT2D eigenvalue weighted by Crippen LogP contribution is 2.30. The number of fused-ring (bicyclic) bond motifs is 1. The molecule has 3 aromatic carbocycles. The number of rotatable bonds is 4. The molecule has 1 amide bonds. The van der Waals surface area contributed by atoms with Gasteiger partial charge in [-0.3, -0.25) is 20.2 Å². The SMILES string of the molecule is O=C(NC(=S)Nc1ccc2oc(-c3ccccc3Cl)nc2c1)c1ccc([N+](=O)[O-])cc1. The summed E-state index contributed by atoms with van der Waals surface area (Å²) in [5.74, 6) is -0.0947. The van der Waals surface area contributed by atoms with Gasteiger partial charge in [0.2, 0.25) is 5.89 Å². The van der Waals surface area contributed by atoms with Crippen LogP contribution in [-0.4, -0.2) is 20.9 Å². The van der Waals surface area contributed by atoms with Gasteiger partial charge in [0.15, 0.2) is 10.7 Å². The average Bonchev–Trinajstić information content (AvgIpc) is 3.17. The second-order valence-corrected chi connectivity index (χ2v) is 7.21. The number of nitrogens with zero attached hydrogens (tertiary/aromatic N) is 2. The van der Waals surface area contributed by atoms with Crippen LogP contribution < -0.4 is 10.6 Å². The van der Waals surface area contributed by atoms with Crippen molar-refractivity contribution in [2.45, 2.75) is 0 Å². The Kier molecular flexibility index (Phi) is 5.61. The Bertz CT molecular complexity index is 1320. The molecule has 4 rings (SSSR count). The molecule has 0 saturated carbocycles. The standard InChI is InChI=1S/C21H13ClN4O4S/c22-16-4-2-1-3-15(16)20-24-17-11-13(7-10-18(17)30-20)23-21(31)25-19(27)12-5-8-14(9-6-12)26(28)29/h1-11H,(H2,23,25,27,31). The van der Waals surface area contributed by atoms with Crippen LogP contribution >= 0.6 is 23.8 Å². The molecule has 0 atom stereocenters. The highest BCUT2D eigenvalue weighted by Gasteiger charge is 2.13. The summed E-state index contributed by atoms with van der Waals surface area (Å²) in [5, 5.41) is 16.7. The van der Waals surface area contributed by atoms with E-state index < -0.39 is 10.8 Å². The van der Waals surface area contributed by atoms with Gasteiger partial charge in [-0.05, 0) is 54.7 Å². The monoisotopic (exact) mass is 452 g/mol. The topological polar surface area (TPSA) is 110 Å². The van der Waals surface area contributed by atoms with Crippen LogP contribution in [-0.2, 0) is 0 Å². The molecule has 31 heavy (non-hydrogen) atoms. The summed E-state index contributed by atoms with van der Waals surface area (Å²) < 4.78 is 5.77. The van der Waals surface area contributed by atoms with Crippen LogP contribution in [0.3, 0.4) is 0 Å². The zero-order chi connectivity index (χ0) is 22.0. The van der Waals surface area contributed by atoms with Crippen LogP contribution in [0.15, 0.2) is 71.1 Å². The number of nitrogens with one attached hydrogen (secondary N) is 2. The molecule has 0 aliphatic carbocycles. The molecule has 10 heteroatoms. The summed E-state index contributed by atoms with van der Waals surface area (Å²) in [4.78, 5) is 26.9. The second-order valence-electron chi connectivity index (χ2n) is 6.39. The van der Waals surface area contributed by atoms with Crippen molar-refractivity contribution in [2.24, 2.45) is 0 Å². The zero-order valence-electron chi connectivity index (χ0n) is 15.7. The highest BCUT2D eigenvalue weighted by molar-refractivity contribution is 7.80. The van der Waals surface area contributed by atoms with E-state index in [0.717, 1.165) is 0 Å². The van der Waals surface area contributed by atoms with Gasteiger partial charge in [0, 0.05) is 23.4 Å². The lowest BCUT2D eigenvalue weighted by Gasteiger charge is -2.09. The number of benzene rings is 3. The van der Waals surface area contributed by atoms with Gasteiger partial charge in [-0.15, -0.1) is 0 Å². The summed E-state index contributed by atoms with van der Waals surface area (Å²) in [6.07, 6.45) is 0. The number of oxazole rings is 1. The molecule has 1 heterocycles. The van der Waals surface area contributed by atoms with Crippen molar-refractivity contribution in [1.29, 1.82) is 0 Å². The Morgan fingerprint density at radius 2 is 1.84 bits per heavy atom. The van der Waals surface area contributed by atoms with Gasteiger partial charge in [-0.2, -0.15) is 0 Å². The van der Waals surface area contributed by atoms with Crippen molar-refractivity contribution >= 4 is 57.3 Å². The molecule has 154 valence electrons. The number of hydrogen-bond donors (Lipinski definition) is 2. The molecule has 0 aliphatic heterocycles. The maximum atomic E-state index is 12.3. The van der Waals surface area contributed by atoms with Gasteiger partial charge in [0.25, 0.3) is 11.6 Å². The van der Waals surface area contributed by atoms with Crippen LogP contribution in [0.4, 0.5) is 11.4 Å². The predicted molar refractivity (Wildman–Crippen MR) is 121 cm³/mol. The first-order chi connectivity index (χ1) is 14.9. The summed E-state index contributed by atoms with van der Waals surface area (Å²) in [7, 11) is 0. The number of carbonyl (C=O) groups excluding carboxylic acids is 1. The molecule has 0 radical (unpaired) electrons. The Hall–Kier alpha value is -3.82. The number of hydrogen-bond acceptors (Lipinski definition) is 6. The predicted octanol–water partition coefficient (Wildman–Crippen LogP) is 5.18. The Balaban J connectivity index is 1.46. The van der Waals surface area contributed by atoms with Gasteiger partial charge in [-0.25, -0.2) is 4.98 Å². The summed E-state index contributed by atoms with van der Waals surface area (Å²) in [6, 6.07) is 17.6. The quantitative estimate of drug-likeness (QED) is 0.249. The molecule has 0 spiro atoms. The van der Waals surface area contributed by atoms with E-state index in [9.17, 15) is 14.9 Å². The normalized spacial score (nSPS) is 10.6. The van der Waals surface area contributed by atoms with E-state index in [0.29, 0.717) is 33.3 Å². The maximum absolute atomic E-state index is 12.3. The van der Waals surface area contributed by atoms with Crippen LogP contribution in [0.25, 0.3) is 22.6 Å². The fourth-order valence-corrected chi connectivity index (χ4v) is 3.25. The average molecular weight is 453 g/mol. The van der Waals surface area contributed by atoms with Crippen molar-refractivity contribution in [2.75, 3.05) is 5.32 Å². The highest BCUT2D eigenvalue weighted by atomic mass is 35.5. The van der Waals surface area contributed by atoms with E-state index in [-0.39, 0.29) is 16.4 Å². The lowest BCUT2D eigenvalue weighted by Crippen LogP contribution is -2.34. The van der Waals surface area contributed by atoms with Crippen LogP contribution in [0.5, 0.6) is 0 Å². The van der Waals surface area contributed by atoms with Gasteiger partial charge in [-0.1, -0.05) is 23.7 Å². The molecular weight excluding hydrogens is 440 g/mol. The molecular formula is C21H13ClN4O4S. The smallest absolute Gasteiger partial charge is 0.269 e. The lowest BCUT2D eigenvalue weighted by atomic mass is 10.2. The Labute approximate surface area is 186 Å². The molecule has 4 aromatic rings. The molecule has 0 bridgehead atoms. The minimum atomic E-state index is -0.537. The number of carbonyl (C=O) groups is 1. The lowest BCUT2D eigenvalue weighted by molar-refractivity contribution is -0.384. The minimum Gasteiger partial charge on any atom is -0.436 e. The molecule has 0 aliphatic rings. The van der Waals surface area contributed by atoms with Gasteiger partial charge >= 0.3 is 0 Å². The number of nitro benzene ring substituents is 1. The number of nitro groups is 1. The van der Waals surface area contributed by atoms with Crippen LogP contribution in [0, 0.1) is 10.1 Å². The number of halogens is 1. The molecule has 2 N–H and O–H groups in total.